The van der Waals surface area contributed by atoms with Gasteiger partial charge in [-0.15, -0.1) is 0 Å². The number of carbonyl (C=O) groups excluding carboxylic acids is 1. The molecule has 0 saturated heterocycles. The van der Waals surface area contributed by atoms with Crippen molar-refractivity contribution in [2.45, 2.75) is 46.1 Å². The smallest absolute Gasteiger partial charge is 0.222 e. The third kappa shape index (κ3) is 4.93. The second-order valence-corrected chi connectivity index (χ2v) is 6.16. The number of hydrogen-bond donors (Lipinski definition) is 1. The molecule has 4 nitrogen and oxygen atoms in total. The minimum atomic E-state index is 0.0723. The maximum absolute atomic E-state index is 12.3. The summed E-state index contributed by atoms with van der Waals surface area (Å²) in [5, 5.41) is 0. The van der Waals surface area contributed by atoms with E-state index in [9.17, 15) is 4.79 Å². The first-order valence-electron chi connectivity index (χ1n) is 7.23. The number of rotatable bonds is 7. The molecule has 0 saturated carbocycles. The summed E-state index contributed by atoms with van der Waals surface area (Å²) in [6.07, 6.45) is 5.91. The number of nitrogens with zero attached hydrogens (tertiary/aromatic N) is 2. The Bertz CT molecular complexity index is 417. The van der Waals surface area contributed by atoms with E-state index in [1.807, 2.05) is 31.0 Å². The molecule has 0 fully saturated rings. The van der Waals surface area contributed by atoms with E-state index in [1.165, 1.54) is 0 Å². The average molecular weight is 277 g/mol. The summed E-state index contributed by atoms with van der Waals surface area (Å²) < 4.78 is 0. The third-order valence-corrected chi connectivity index (χ3v) is 4.00. The Kier molecular flexibility index (Phi) is 6.14. The Labute approximate surface area is 122 Å². The second-order valence-electron chi connectivity index (χ2n) is 6.16. The molecule has 0 aromatic carbocycles. The summed E-state index contributed by atoms with van der Waals surface area (Å²) in [6, 6.07) is 3.97. The highest BCUT2D eigenvalue weighted by Crippen LogP contribution is 2.27. The van der Waals surface area contributed by atoms with Crippen molar-refractivity contribution in [1.29, 1.82) is 0 Å². The average Bonchev–Trinajstić information content (AvgIpc) is 2.44. The molecule has 1 amide bonds. The molecule has 0 aliphatic carbocycles. The molecule has 1 heterocycles. The Morgan fingerprint density at radius 3 is 2.50 bits per heavy atom. The minimum absolute atomic E-state index is 0.0723. The third-order valence-electron chi connectivity index (χ3n) is 4.00. The summed E-state index contributed by atoms with van der Waals surface area (Å²) in [6.45, 7) is 7.04. The van der Waals surface area contributed by atoms with Crippen molar-refractivity contribution >= 4 is 5.91 Å². The van der Waals surface area contributed by atoms with Crippen LogP contribution in [0.2, 0.25) is 0 Å². The van der Waals surface area contributed by atoms with Crippen LogP contribution in [0.5, 0.6) is 0 Å². The van der Waals surface area contributed by atoms with Gasteiger partial charge >= 0.3 is 0 Å². The van der Waals surface area contributed by atoms with Gasteiger partial charge in [0.25, 0.3) is 0 Å². The Morgan fingerprint density at radius 2 is 1.95 bits per heavy atom. The molecule has 2 N–H and O–H groups in total. The molecule has 4 heteroatoms. The molecule has 20 heavy (non-hydrogen) atoms. The number of hydrogen-bond acceptors (Lipinski definition) is 3. The molecule has 0 spiro atoms. The molecule has 0 bridgehead atoms. The zero-order valence-electron chi connectivity index (χ0n) is 13.1. The summed E-state index contributed by atoms with van der Waals surface area (Å²) >= 11 is 0. The number of pyridine rings is 1. The fourth-order valence-electron chi connectivity index (χ4n) is 2.22. The van der Waals surface area contributed by atoms with Gasteiger partial charge in [-0.2, -0.15) is 0 Å². The first kappa shape index (κ1) is 16.6. The van der Waals surface area contributed by atoms with Crippen molar-refractivity contribution in [3.05, 3.63) is 30.1 Å². The summed E-state index contributed by atoms with van der Waals surface area (Å²) in [5.41, 5.74) is 6.84. The predicted octanol–water partition coefficient (Wildman–Crippen LogP) is 2.76. The largest absolute Gasteiger partial charge is 0.339 e. The van der Waals surface area contributed by atoms with Gasteiger partial charge < -0.3 is 10.6 Å². The lowest BCUT2D eigenvalue weighted by Crippen LogP contribution is -2.30. The number of amides is 1. The van der Waals surface area contributed by atoms with E-state index >= 15 is 0 Å². The highest BCUT2D eigenvalue weighted by atomic mass is 16.2. The molecule has 1 rings (SSSR count). The van der Waals surface area contributed by atoms with Crippen LogP contribution in [0.15, 0.2) is 24.5 Å². The SMILES string of the molecule is CC(c1ccncc1)N(C)C(=O)CCC(C)(C)CCN. The van der Waals surface area contributed by atoms with Crippen molar-refractivity contribution in [3.8, 4) is 0 Å². The molecule has 0 aliphatic heterocycles. The molecule has 1 aromatic rings. The fraction of sp³-hybridized carbons (Fsp3) is 0.625. The number of carbonyl (C=O) groups is 1. The predicted molar refractivity (Wildman–Crippen MR) is 82.1 cm³/mol. The van der Waals surface area contributed by atoms with Crippen molar-refractivity contribution in [2.75, 3.05) is 13.6 Å². The van der Waals surface area contributed by atoms with Gasteiger partial charge in [-0.1, -0.05) is 13.8 Å². The van der Waals surface area contributed by atoms with Gasteiger partial charge in [0.1, 0.15) is 0 Å². The summed E-state index contributed by atoms with van der Waals surface area (Å²) in [5.74, 6) is 0.180. The fourth-order valence-corrected chi connectivity index (χ4v) is 2.22. The van der Waals surface area contributed by atoms with Crippen molar-refractivity contribution in [2.24, 2.45) is 11.1 Å². The molecule has 0 aliphatic rings. The van der Waals surface area contributed by atoms with Gasteiger partial charge in [-0.3, -0.25) is 9.78 Å². The molecular formula is C16H27N3O. The molecular weight excluding hydrogens is 250 g/mol. The zero-order valence-corrected chi connectivity index (χ0v) is 13.1. The number of nitrogens with two attached hydrogens (primary N) is 1. The van der Waals surface area contributed by atoms with Crippen LogP contribution >= 0.6 is 0 Å². The van der Waals surface area contributed by atoms with Gasteiger partial charge in [-0.25, -0.2) is 0 Å². The van der Waals surface area contributed by atoms with E-state index in [2.05, 4.69) is 18.8 Å². The van der Waals surface area contributed by atoms with Crippen LogP contribution in [0.4, 0.5) is 0 Å². The van der Waals surface area contributed by atoms with E-state index in [0.717, 1.165) is 18.4 Å². The van der Waals surface area contributed by atoms with Crippen molar-refractivity contribution < 1.29 is 4.79 Å². The van der Waals surface area contributed by atoms with E-state index < -0.39 is 0 Å². The standard InChI is InChI=1S/C16H27N3O/c1-13(14-6-11-18-12-7-14)19(4)15(20)5-8-16(2,3)9-10-17/h6-7,11-13H,5,8-10,17H2,1-4H3. The van der Waals surface area contributed by atoms with Gasteiger partial charge in [-0.05, 0) is 49.4 Å². The van der Waals surface area contributed by atoms with Crippen LogP contribution < -0.4 is 5.73 Å². The molecule has 112 valence electrons. The Hall–Kier alpha value is -1.42. The quantitative estimate of drug-likeness (QED) is 0.833. The van der Waals surface area contributed by atoms with Crippen LogP contribution in [0, 0.1) is 5.41 Å². The first-order chi connectivity index (χ1) is 9.37. The van der Waals surface area contributed by atoms with E-state index in [1.54, 1.807) is 12.4 Å². The van der Waals surface area contributed by atoms with E-state index in [-0.39, 0.29) is 17.4 Å². The first-order valence-corrected chi connectivity index (χ1v) is 7.23. The molecule has 1 aromatic heterocycles. The highest BCUT2D eigenvalue weighted by molar-refractivity contribution is 5.76. The maximum atomic E-state index is 12.3. The highest BCUT2D eigenvalue weighted by Gasteiger charge is 2.22. The van der Waals surface area contributed by atoms with Crippen LogP contribution in [-0.4, -0.2) is 29.4 Å². The topological polar surface area (TPSA) is 59.2 Å². The minimum Gasteiger partial charge on any atom is -0.339 e. The van der Waals surface area contributed by atoms with Gasteiger partial charge in [0.2, 0.25) is 5.91 Å². The van der Waals surface area contributed by atoms with Crippen LogP contribution in [0.1, 0.15) is 51.6 Å². The van der Waals surface area contributed by atoms with Crippen LogP contribution in [0.3, 0.4) is 0 Å². The van der Waals surface area contributed by atoms with Gasteiger partial charge in [0.15, 0.2) is 0 Å². The summed E-state index contributed by atoms with van der Waals surface area (Å²) in [4.78, 5) is 18.1. The summed E-state index contributed by atoms with van der Waals surface area (Å²) in [7, 11) is 1.86. The van der Waals surface area contributed by atoms with Gasteiger partial charge in [0.05, 0.1) is 6.04 Å². The van der Waals surface area contributed by atoms with Crippen LogP contribution in [-0.2, 0) is 4.79 Å². The lowest BCUT2D eigenvalue weighted by atomic mass is 9.84. The number of aromatic nitrogens is 1. The van der Waals surface area contributed by atoms with Crippen LogP contribution in [0.25, 0.3) is 0 Å². The Morgan fingerprint density at radius 1 is 1.35 bits per heavy atom. The lowest BCUT2D eigenvalue weighted by Gasteiger charge is -2.28. The zero-order chi connectivity index (χ0) is 15.2. The maximum Gasteiger partial charge on any atom is 0.222 e. The van der Waals surface area contributed by atoms with Crippen molar-refractivity contribution in [3.63, 3.8) is 0 Å². The van der Waals surface area contributed by atoms with E-state index in [0.29, 0.717) is 13.0 Å². The second kappa shape index (κ2) is 7.39. The molecule has 0 radical (unpaired) electrons. The van der Waals surface area contributed by atoms with E-state index in [4.69, 9.17) is 5.73 Å². The lowest BCUT2D eigenvalue weighted by molar-refractivity contribution is -0.132. The Balaban J connectivity index is 2.55. The molecule has 1 unspecified atom stereocenters. The van der Waals surface area contributed by atoms with Crippen molar-refractivity contribution in [1.82, 2.24) is 9.88 Å². The van der Waals surface area contributed by atoms with Gasteiger partial charge in [0, 0.05) is 25.9 Å². The monoisotopic (exact) mass is 277 g/mol. The molecule has 1 atom stereocenters. The normalized spacial score (nSPS) is 13.1.